The van der Waals surface area contributed by atoms with Crippen molar-refractivity contribution in [3.05, 3.63) is 76.6 Å². The van der Waals surface area contributed by atoms with Gasteiger partial charge in [0.2, 0.25) is 0 Å². The van der Waals surface area contributed by atoms with Crippen molar-refractivity contribution in [3.8, 4) is 0 Å². The first-order valence-electron chi connectivity index (χ1n) is 7.93. The fourth-order valence-electron chi connectivity index (χ4n) is 4.07. The Hall–Kier alpha value is -2.09. The van der Waals surface area contributed by atoms with Crippen molar-refractivity contribution in [2.24, 2.45) is 5.92 Å². The van der Waals surface area contributed by atoms with E-state index in [1.807, 2.05) is 12.1 Å². The number of rotatable bonds is 1. The van der Waals surface area contributed by atoms with Crippen molar-refractivity contribution in [2.75, 3.05) is 5.32 Å². The number of fused-ring (bicyclic) bond motifs is 3. The zero-order chi connectivity index (χ0) is 15.3. The van der Waals surface area contributed by atoms with Gasteiger partial charge in [-0.05, 0) is 55.0 Å². The van der Waals surface area contributed by atoms with E-state index in [0.717, 1.165) is 6.42 Å². The van der Waals surface area contributed by atoms with Gasteiger partial charge in [-0.25, -0.2) is 4.39 Å². The molecular formula is C20H20FN. The predicted octanol–water partition coefficient (Wildman–Crippen LogP) is 5.27. The van der Waals surface area contributed by atoms with Gasteiger partial charge in [0.15, 0.2) is 0 Å². The number of hydrogen-bond donors (Lipinski definition) is 1. The van der Waals surface area contributed by atoms with E-state index >= 15 is 0 Å². The molecule has 22 heavy (non-hydrogen) atoms. The van der Waals surface area contributed by atoms with E-state index in [0.29, 0.717) is 11.8 Å². The van der Waals surface area contributed by atoms with E-state index in [4.69, 9.17) is 0 Å². The van der Waals surface area contributed by atoms with Gasteiger partial charge in [-0.3, -0.25) is 0 Å². The number of benzene rings is 2. The van der Waals surface area contributed by atoms with E-state index in [1.54, 1.807) is 12.1 Å². The van der Waals surface area contributed by atoms with Gasteiger partial charge >= 0.3 is 0 Å². The summed E-state index contributed by atoms with van der Waals surface area (Å²) in [5.41, 5.74) is 6.45. The molecule has 1 nitrogen and oxygen atoms in total. The Morgan fingerprint density at radius 3 is 2.64 bits per heavy atom. The van der Waals surface area contributed by atoms with Crippen molar-refractivity contribution >= 4 is 5.69 Å². The molecule has 112 valence electrons. The largest absolute Gasteiger partial charge is 0.377 e. The summed E-state index contributed by atoms with van der Waals surface area (Å²) in [4.78, 5) is 0. The Morgan fingerprint density at radius 2 is 1.86 bits per heavy atom. The lowest BCUT2D eigenvalue weighted by atomic mass is 9.76. The van der Waals surface area contributed by atoms with E-state index in [-0.39, 0.29) is 11.9 Å². The van der Waals surface area contributed by atoms with Crippen LogP contribution in [0.5, 0.6) is 0 Å². The van der Waals surface area contributed by atoms with Gasteiger partial charge < -0.3 is 5.32 Å². The summed E-state index contributed by atoms with van der Waals surface area (Å²) in [5, 5.41) is 3.74. The Morgan fingerprint density at radius 1 is 1.09 bits per heavy atom. The highest BCUT2D eigenvalue weighted by Crippen LogP contribution is 2.50. The molecule has 0 fully saturated rings. The summed E-state index contributed by atoms with van der Waals surface area (Å²) in [7, 11) is 0. The molecular weight excluding hydrogens is 273 g/mol. The molecule has 3 atom stereocenters. The zero-order valence-corrected chi connectivity index (χ0v) is 12.9. The predicted molar refractivity (Wildman–Crippen MR) is 88.7 cm³/mol. The van der Waals surface area contributed by atoms with Crippen LogP contribution in [-0.2, 0) is 0 Å². The van der Waals surface area contributed by atoms with Crippen LogP contribution in [0, 0.1) is 25.6 Å². The monoisotopic (exact) mass is 293 g/mol. The van der Waals surface area contributed by atoms with Crippen LogP contribution in [0.25, 0.3) is 0 Å². The van der Waals surface area contributed by atoms with E-state index in [2.05, 4.69) is 43.4 Å². The second-order valence-electron chi connectivity index (χ2n) is 6.57. The smallest absolute Gasteiger partial charge is 0.123 e. The van der Waals surface area contributed by atoms with Crippen LogP contribution in [0.3, 0.4) is 0 Å². The molecule has 0 unspecified atom stereocenters. The normalized spacial score (nSPS) is 25.5. The molecule has 0 spiro atoms. The molecule has 0 saturated heterocycles. The molecule has 1 heterocycles. The molecule has 2 heteroatoms. The van der Waals surface area contributed by atoms with Crippen LogP contribution in [0.4, 0.5) is 10.1 Å². The minimum absolute atomic E-state index is 0.173. The minimum atomic E-state index is -0.173. The van der Waals surface area contributed by atoms with Crippen LogP contribution >= 0.6 is 0 Å². The summed E-state index contributed by atoms with van der Waals surface area (Å²) in [6.07, 6.45) is 5.71. The summed E-state index contributed by atoms with van der Waals surface area (Å²) < 4.78 is 13.2. The van der Waals surface area contributed by atoms with Crippen molar-refractivity contribution in [2.45, 2.75) is 32.2 Å². The standard InChI is InChI=1S/C20H20FN/c1-12-10-13(2)19-18(11-12)16-4-3-5-17(16)20(22-19)14-6-8-15(21)9-7-14/h3-4,6-11,16-17,20,22H,5H2,1-2H3/t16-,17+,20-/m1/s1. The Kier molecular flexibility index (Phi) is 3.07. The number of anilines is 1. The lowest BCUT2D eigenvalue weighted by molar-refractivity contribution is 0.424. The molecule has 2 aromatic carbocycles. The van der Waals surface area contributed by atoms with Crippen LogP contribution < -0.4 is 5.32 Å². The van der Waals surface area contributed by atoms with Crippen LogP contribution in [0.1, 0.15) is 40.6 Å². The minimum Gasteiger partial charge on any atom is -0.377 e. The second kappa shape index (κ2) is 4.98. The van der Waals surface area contributed by atoms with Crippen molar-refractivity contribution in [3.63, 3.8) is 0 Å². The van der Waals surface area contributed by atoms with Gasteiger partial charge in [-0.1, -0.05) is 42.0 Å². The molecule has 0 aromatic heterocycles. The molecule has 0 bridgehead atoms. The quantitative estimate of drug-likeness (QED) is 0.706. The maximum atomic E-state index is 13.2. The third-order valence-corrected chi connectivity index (χ3v) is 5.04. The highest BCUT2D eigenvalue weighted by atomic mass is 19.1. The van der Waals surface area contributed by atoms with Crippen molar-refractivity contribution < 1.29 is 4.39 Å². The Balaban J connectivity index is 1.82. The topological polar surface area (TPSA) is 12.0 Å². The molecule has 1 N–H and O–H groups in total. The summed E-state index contributed by atoms with van der Waals surface area (Å²) in [6.45, 7) is 4.33. The summed E-state index contributed by atoms with van der Waals surface area (Å²) in [5.74, 6) is 0.803. The van der Waals surface area contributed by atoms with Crippen LogP contribution in [0.2, 0.25) is 0 Å². The molecule has 4 rings (SSSR count). The molecule has 0 radical (unpaired) electrons. The maximum absolute atomic E-state index is 13.2. The highest BCUT2D eigenvalue weighted by Gasteiger charge is 2.38. The molecule has 2 aliphatic rings. The van der Waals surface area contributed by atoms with Gasteiger partial charge in [0.05, 0.1) is 6.04 Å². The summed E-state index contributed by atoms with van der Waals surface area (Å²) in [6, 6.07) is 11.7. The van der Waals surface area contributed by atoms with E-state index < -0.39 is 0 Å². The number of hydrogen-bond acceptors (Lipinski definition) is 1. The fraction of sp³-hybridized carbons (Fsp3) is 0.300. The number of aryl methyl sites for hydroxylation is 2. The van der Waals surface area contributed by atoms with Gasteiger partial charge in [-0.2, -0.15) is 0 Å². The number of nitrogens with one attached hydrogen (secondary N) is 1. The first kappa shape index (κ1) is 13.6. The molecule has 0 saturated carbocycles. The SMILES string of the molecule is Cc1cc(C)c2c(c1)[C@@H]1C=CC[C@@H]1[C@@H](c1ccc(F)cc1)N2. The Labute approximate surface area is 130 Å². The van der Waals surface area contributed by atoms with E-state index in [1.165, 1.54) is 27.9 Å². The Bertz CT molecular complexity index is 745. The van der Waals surface area contributed by atoms with Gasteiger partial charge in [-0.15, -0.1) is 0 Å². The molecule has 0 amide bonds. The molecule has 1 aliphatic carbocycles. The van der Waals surface area contributed by atoms with E-state index in [9.17, 15) is 4.39 Å². The van der Waals surface area contributed by atoms with Gasteiger partial charge in [0.1, 0.15) is 5.82 Å². The fourth-order valence-corrected chi connectivity index (χ4v) is 4.07. The lowest BCUT2D eigenvalue weighted by Gasteiger charge is -2.38. The van der Waals surface area contributed by atoms with Crippen molar-refractivity contribution in [1.82, 2.24) is 0 Å². The summed E-state index contributed by atoms with van der Waals surface area (Å²) >= 11 is 0. The maximum Gasteiger partial charge on any atom is 0.123 e. The van der Waals surface area contributed by atoms with Gasteiger partial charge in [0, 0.05) is 11.6 Å². The first-order chi connectivity index (χ1) is 10.6. The zero-order valence-electron chi connectivity index (χ0n) is 12.9. The highest BCUT2D eigenvalue weighted by molar-refractivity contribution is 5.65. The average molecular weight is 293 g/mol. The van der Waals surface area contributed by atoms with Crippen molar-refractivity contribution in [1.29, 1.82) is 0 Å². The number of allylic oxidation sites excluding steroid dienone is 2. The van der Waals surface area contributed by atoms with Crippen LogP contribution in [-0.4, -0.2) is 0 Å². The lowest BCUT2D eigenvalue weighted by Crippen LogP contribution is -2.29. The molecule has 2 aromatic rings. The van der Waals surface area contributed by atoms with Gasteiger partial charge in [0.25, 0.3) is 0 Å². The third-order valence-electron chi connectivity index (χ3n) is 5.04. The molecule has 1 aliphatic heterocycles. The first-order valence-corrected chi connectivity index (χ1v) is 7.93. The third kappa shape index (κ3) is 2.06. The average Bonchev–Trinajstić information content (AvgIpc) is 2.97. The number of halogens is 1. The van der Waals surface area contributed by atoms with Crippen LogP contribution in [0.15, 0.2) is 48.6 Å². The second-order valence-corrected chi connectivity index (χ2v) is 6.57.